The van der Waals surface area contributed by atoms with Gasteiger partial charge in [-0.3, -0.25) is 4.79 Å². The summed E-state index contributed by atoms with van der Waals surface area (Å²) in [5.41, 5.74) is 2.31. The van der Waals surface area contributed by atoms with E-state index in [2.05, 4.69) is 21.6 Å². The van der Waals surface area contributed by atoms with Crippen LogP contribution in [0.2, 0.25) is 0 Å². The van der Waals surface area contributed by atoms with E-state index < -0.39 is 0 Å². The Morgan fingerprint density at radius 2 is 2.03 bits per heavy atom. The molecule has 0 aliphatic rings. The minimum absolute atomic E-state index is 0.0851. The third-order valence-electron chi connectivity index (χ3n) is 4.31. The fourth-order valence-electron chi connectivity index (χ4n) is 3.04. The molecule has 3 rings (SSSR count). The predicted octanol–water partition coefficient (Wildman–Crippen LogP) is 4.06. The van der Waals surface area contributed by atoms with E-state index in [1.807, 2.05) is 50.5 Å². The molecule has 1 N–H and O–H groups in total. The zero-order valence-electron chi connectivity index (χ0n) is 17.1. The van der Waals surface area contributed by atoms with Crippen molar-refractivity contribution in [2.75, 3.05) is 5.75 Å². The number of rotatable bonds is 9. The van der Waals surface area contributed by atoms with E-state index in [1.165, 1.54) is 11.8 Å². The smallest absolute Gasteiger partial charge is 0.230 e. The Morgan fingerprint density at radius 3 is 2.69 bits per heavy atom. The minimum Gasteiger partial charge on any atom is -0.483 e. The Kier molecular flexibility index (Phi) is 6.98. The number of ether oxygens (including phenoxy) is 1. The maximum atomic E-state index is 12.1. The average Bonchev–Trinajstić information content (AvgIpc) is 3.33. The molecule has 29 heavy (non-hydrogen) atoms. The first kappa shape index (κ1) is 21.0. The van der Waals surface area contributed by atoms with Crippen LogP contribution in [-0.4, -0.2) is 26.4 Å². The van der Waals surface area contributed by atoms with Crippen LogP contribution in [0.15, 0.2) is 46.2 Å². The Labute approximate surface area is 174 Å². The second kappa shape index (κ2) is 9.65. The molecular weight excluding hydrogens is 388 g/mol. The average molecular weight is 415 g/mol. The number of carbonyl (C=O) groups excluding carboxylic acids is 1. The maximum absolute atomic E-state index is 12.1. The van der Waals surface area contributed by atoms with E-state index in [4.69, 9.17) is 9.15 Å². The number of aromatic nitrogens is 3. The van der Waals surface area contributed by atoms with Crippen molar-refractivity contribution in [3.8, 4) is 5.75 Å². The van der Waals surface area contributed by atoms with Crippen LogP contribution in [0.1, 0.15) is 42.7 Å². The molecule has 0 saturated heterocycles. The van der Waals surface area contributed by atoms with E-state index in [1.54, 1.807) is 12.3 Å². The van der Waals surface area contributed by atoms with Crippen molar-refractivity contribution in [3.05, 3.63) is 59.3 Å². The van der Waals surface area contributed by atoms with Crippen molar-refractivity contribution in [2.24, 2.45) is 0 Å². The molecule has 8 heteroatoms. The summed E-state index contributed by atoms with van der Waals surface area (Å²) >= 11 is 1.36. The molecule has 1 atom stereocenters. The van der Waals surface area contributed by atoms with E-state index in [0.717, 1.165) is 28.5 Å². The summed E-state index contributed by atoms with van der Waals surface area (Å²) < 4.78 is 13.3. The zero-order valence-corrected chi connectivity index (χ0v) is 18.0. The molecule has 1 amide bonds. The molecule has 154 valence electrons. The second-order valence-corrected chi connectivity index (χ2v) is 7.76. The first-order valence-electron chi connectivity index (χ1n) is 9.56. The Hall–Kier alpha value is -2.74. The van der Waals surface area contributed by atoms with Crippen molar-refractivity contribution < 1.29 is 13.9 Å². The summed E-state index contributed by atoms with van der Waals surface area (Å²) in [7, 11) is 0. The van der Waals surface area contributed by atoms with Crippen LogP contribution < -0.4 is 10.1 Å². The first-order valence-corrected chi connectivity index (χ1v) is 10.5. The molecule has 0 saturated carbocycles. The fourth-order valence-corrected chi connectivity index (χ4v) is 3.88. The van der Waals surface area contributed by atoms with Gasteiger partial charge in [-0.05, 0) is 63.1 Å². The van der Waals surface area contributed by atoms with Crippen LogP contribution in [0.25, 0.3) is 0 Å². The molecule has 3 aromatic rings. The normalized spacial score (nSPS) is 12.0. The number of hydrogen-bond acceptors (Lipinski definition) is 6. The fraction of sp³-hybridized carbons (Fsp3) is 0.381. The molecule has 0 fully saturated rings. The molecule has 0 aliphatic carbocycles. The van der Waals surface area contributed by atoms with Crippen molar-refractivity contribution in [1.82, 2.24) is 20.1 Å². The van der Waals surface area contributed by atoms with E-state index in [0.29, 0.717) is 18.2 Å². The van der Waals surface area contributed by atoms with Crippen LogP contribution in [-0.2, 0) is 17.9 Å². The number of hydrogen-bond donors (Lipinski definition) is 1. The summed E-state index contributed by atoms with van der Waals surface area (Å²) in [6, 6.07) is 9.75. The lowest BCUT2D eigenvalue weighted by molar-refractivity contribution is -0.118. The SMILES string of the molecule is CCn1c(SCC(=O)NCc2ccco2)nnc1C(C)Oc1cc(C)cc(C)c1. The van der Waals surface area contributed by atoms with Gasteiger partial charge >= 0.3 is 0 Å². The molecular formula is C21H26N4O3S. The van der Waals surface area contributed by atoms with Crippen LogP contribution in [0.5, 0.6) is 5.75 Å². The van der Waals surface area contributed by atoms with Crippen molar-refractivity contribution in [2.45, 2.75) is 52.0 Å². The minimum atomic E-state index is -0.259. The van der Waals surface area contributed by atoms with Gasteiger partial charge in [-0.25, -0.2) is 0 Å². The highest BCUT2D eigenvalue weighted by atomic mass is 32.2. The highest BCUT2D eigenvalue weighted by molar-refractivity contribution is 7.99. The van der Waals surface area contributed by atoms with Gasteiger partial charge in [0.2, 0.25) is 5.91 Å². The Bertz CT molecular complexity index is 933. The first-order chi connectivity index (χ1) is 14.0. The number of nitrogens with one attached hydrogen (secondary N) is 1. The Morgan fingerprint density at radius 1 is 1.28 bits per heavy atom. The monoisotopic (exact) mass is 414 g/mol. The standard InChI is InChI=1S/C21H26N4O3S/c1-5-25-20(16(4)28-18-10-14(2)9-15(3)11-18)23-24-21(25)29-13-19(26)22-12-17-7-6-8-27-17/h6-11,16H,5,12-13H2,1-4H3,(H,22,26). The zero-order chi connectivity index (χ0) is 20.8. The number of thioether (sulfide) groups is 1. The van der Waals surface area contributed by atoms with Gasteiger partial charge in [0.25, 0.3) is 0 Å². The van der Waals surface area contributed by atoms with Gasteiger partial charge in [-0.2, -0.15) is 0 Å². The van der Waals surface area contributed by atoms with Gasteiger partial charge in [0.05, 0.1) is 18.6 Å². The summed E-state index contributed by atoms with van der Waals surface area (Å²) in [6.45, 7) is 9.14. The van der Waals surface area contributed by atoms with E-state index in [9.17, 15) is 4.79 Å². The summed E-state index contributed by atoms with van der Waals surface area (Å²) in [5.74, 6) is 2.45. The lowest BCUT2D eigenvalue weighted by Gasteiger charge is -2.16. The van der Waals surface area contributed by atoms with Crippen molar-refractivity contribution in [1.29, 1.82) is 0 Å². The van der Waals surface area contributed by atoms with Gasteiger partial charge in [-0.1, -0.05) is 17.8 Å². The highest BCUT2D eigenvalue weighted by Crippen LogP contribution is 2.26. The topological polar surface area (TPSA) is 82.2 Å². The molecule has 1 aromatic carbocycles. The molecule has 0 bridgehead atoms. The van der Waals surface area contributed by atoms with E-state index in [-0.39, 0.29) is 17.8 Å². The highest BCUT2D eigenvalue weighted by Gasteiger charge is 2.19. The van der Waals surface area contributed by atoms with Crippen molar-refractivity contribution >= 4 is 17.7 Å². The number of carbonyl (C=O) groups is 1. The maximum Gasteiger partial charge on any atom is 0.230 e. The quantitative estimate of drug-likeness (QED) is 0.532. The van der Waals surface area contributed by atoms with Crippen molar-refractivity contribution in [3.63, 3.8) is 0 Å². The molecule has 0 radical (unpaired) electrons. The second-order valence-electron chi connectivity index (χ2n) is 6.81. The van der Waals surface area contributed by atoms with Crippen LogP contribution >= 0.6 is 11.8 Å². The lowest BCUT2D eigenvalue weighted by Crippen LogP contribution is -2.24. The lowest BCUT2D eigenvalue weighted by atomic mass is 10.1. The molecule has 2 heterocycles. The molecule has 1 unspecified atom stereocenters. The van der Waals surface area contributed by atoms with Gasteiger partial charge in [-0.15, -0.1) is 10.2 Å². The largest absolute Gasteiger partial charge is 0.483 e. The van der Waals surface area contributed by atoms with Gasteiger partial charge in [0.1, 0.15) is 11.5 Å². The summed E-state index contributed by atoms with van der Waals surface area (Å²) in [6.07, 6.45) is 1.33. The predicted molar refractivity (Wildman–Crippen MR) is 112 cm³/mol. The molecule has 0 aliphatic heterocycles. The molecule has 0 spiro atoms. The Balaban J connectivity index is 1.60. The van der Waals surface area contributed by atoms with Crippen LogP contribution in [0.4, 0.5) is 0 Å². The van der Waals surface area contributed by atoms with Crippen LogP contribution in [0, 0.1) is 13.8 Å². The van der Waals surface area contributed by atoms with E-state index >= 15 is 0 Å². The summed E-state index contributed by atoms with van der Waals surface area (Å²) in [4.78, 5) is 12.1. The third-order valence-corrected chi connectivity index (χ3v) is 5.27. The van der Waals surface area contributed by atoms with Gasteiger partial charge in [0.15, 0.2) is 17.1 Å². The third kappa shape index (κ3) is 5.63. The van der Waals surface area contributed by atoms with Gasteiger partial charge in [0, 0.05) is 6.54 Å². The number of furan rings is 1. The van der Waals surface area contributed by atoms with Gasteiger partial charge < -0.3 is 19.0 Å². The number of benzene rings is 1. The summed E-state index contributed by atoms with van der Waals surface area (Å²) in [5, 5.41) is 12.1. The molecule has 2 aromatic heterocycles. The number of aryl methyl sites for hydroxylation is 2. The number of amides is 1. The van der Waals surface area contributed by atoms with Crippen LogP contribution in [0.3, 0.4) is 0 Å². The number of nitrogens with zero attached hydrogens (tertiary/aromatic N) is 3. The molecule has 7 nitrogen and oxygen atoms in total.